The number of carbonyl (C=O) groups excluding carboxylic acids is 1. The normalized spacial score (nSPS) is 20.2. The highest BCUT2D eigenvalue weighted by molar-refractivity contribution is 6.04. The van der Waals surface area contributed by atoms with Crippen molar-refractivity contribution in [2.45, 2.75) is 40.2 Å². The van der Waals surface area contributed by atoms with Gasteiger partial charge >= 0.3 is 0 Å². The maximum absolute atomic E-state index is 13.4. The van der Waals surface area contributed by atoms with Crippen LogP contribution in [0.1, 0.15) is 47.2 Å². The zero-order valence-corrected chi connectivity index (χ0v) is 19.3. The summed E-state index contributed by atoms with van der Waals surface area (Å²) in [6, 6.07) is 14.8. The number of piperazine rings is 1. The molecule has 1 fully saturated rings. The van der Waals surface area contributed by atoms with Crippen LogP contribution in [0, 0.1) is 20.8 Å². The van der Waals surface area contributed by atoms with Crippen molar-refractivity contribution in [3.63, 3.8) is 0 Å². The highest BCUT2D eigenvalue weighted by Gasteiger charge is 2.35. The second-order valence-corrected chi connectivity index (χ2v) is 8.89. The molecule has 4 rings (SSSR count). The van der Waals surface area contributed by atoms with Gasteiger partial charge in [0.15, 0.2) is 0 Å². The molecular formula is C26H34N4O. The van der Waals surface area contributed by atoms with Crippen LogP contribution in [0.4, 0.5) is 0 Å². The molecular weight excluding hydrogens is 384 g/mol. The SMILES string of the molecule is CCN1CCN(CC(=O)N2N=C(c3ccc(C)cc3C)C[C@H]2c2ccccc2C)CC1. The van der Waals surface area contributed by atoms with Gasteiger partial charge in [0.05, 0.1) is 18.3 Å². The van der Waals surface area contributed by atoms with Gasteiger partial charge in [-0.2, -0.15) is 5.10 Å². The summed E-state index contributed by atoms with van der Waals surface area (Å²) < 4.78 is 0. The van der Waals surface area contributed by atoms with Crippen LogP contribution >= 0.6 is 0 Å². The third-order valence-electron chi connectivity index (χ3n) is 6.68. The second-order valence-electron chi connectivity index (χ2n) is 8.89. The van der Waals surface area contributed by atoms with Crippen molar-refractivity contribution >= 4 is 11.6 Å². The van der Waals surface area contributed by atoms with Crippen molar-refractivity contribution in [2.24, 2.45) is 5.10 Å². The summed E-state index contributed by atoms with van der Waals surface area (Å²) in [5.74, 6) is 0.0953. The molecule has 0 saturated carbocycles. The first-order valence-corrected chi connectivity index (χ1v) is 11.4. The lowest BCUT2D eigenvalue weighted by Gasteiger charge is -2.34. The van der Waals surface area contributed by atoms with Crippen molar-refractivity contribution in [3.8, 4) is 0 Å². The van der Waals surface area contributed by atoms with Crippen LogP contribution in [-0.4, -0.2) is 65.7 Å². The number of hydrazone groups is 1. The first kappa shape index (κ1) is 21.7. The molecule has 2 aliphatic rings. The molecule has 2 aliphatic heterocycles. The molecule has 2 aromatic carbocycles. The standard InChI is InChI=1S/C26H34N4O/c1-5-28-12-14-29(15-13-28)18-26(31)30-25(23-9-7-6-8-20(23)3)17-24(27-30)22-11-10-19(2)16-21(22)4/h6-11,16,25H,5,12-15,17-18H2,1-4H3/t25-/m0/s1. The molecule has 2 aromatic rings. The first-order valence-electron chi connectivity index (χ1n) is 11.4. The zero-order chi connectivity index (χ0) is 22.0. The van der Waals surface area contributed by atoms with E-state index in [1.54, 1.807) is 5.01 Å². The molecule has 1 atom stereocenters. The molecule has 0 radical (unpaired) electrons. The van der Waals surface area contributed by atoms with E-state index in [9.17, 15) is 4.79 Å². The van der Waals surface area contributed by atoms with E-state index >= 15 is 0 Å². The number of amides is 1. The molecule has 0 N–H and O–H groups in total. The van der Waals surface area contributed by atoms with Crippen molar-refractivity contribution in [2.75, 3.05) is 39.3 Å². The van der Waals surface area contributed by atoms with Crippen molar-refractivity contribution in [3.05, 3.63) is 70.3 Å². The van der Waals surface area contributed by atoms with E-state index < -0.39 is 0 Å². The van der Waals surface area contributed by atoms with Gasteiger partial charge in [0.1, 0.15) is 0 Å². The van der Waals surface area contributed by atoms with Crippen molar-refractivity contribution < 1.29 is 4.79 Å². The maximum Gasteiger partial charge on any atom is 0.257 e. The summed E-state index contributed by atoms with van der Waals surface area (Å²) in [5, 5.41) is 6.67. The predicted octanol–water partition coefficient (Wildman–Crippen LogP) is 3.93. The molecule has 0 unspecified atom stereocenters. The van der Waals surface area contributed by atoms with Crippen molar-refractivity contribution in [1.82, 2.24) is 14.8 Å². The molecule has 31 heavy (non-hydrogen) atoms. The number of likely N-dealkylation sites (N-methyl/N-ethyl adjacent to an activating group) is 1. The Bertz CT molecular complexity index is 975. The lowest BCUT2D eigenvalue weighted by atomic mass is 9.93. The molecule has 0 spiro atoms. The van der Waals surface area contributed by atoms with Crippen LogP contribution in [0.15, 0.2) is 47.6 Å². The number of hydrogen-bond donors (Lipinski definition) is 0. The molecule has 2 heterocycles. The molecule has 1 amide bonds. The van der Waals surface area contributed by atoms with Crippen LogP contribution in [-0.2, 0) is 4.79 Å². The monoisotopic (exact) mass is 418 g/mol. The van der Waals surface area contributed by atoms with Gasteiger partial charge in [-0.1, -0.05) is 55.0 Å². The van der Waals surface area contributed by atoms with Crippen LogP contribution in [0.2, 0.25) is 0 Å². The van der Waals surface area contributed by atoms with Crippen LogP contribution in [0.3, 0.4) is 0 Å². The van der Waals surface area contributed by atoms with Gasteiger partial charge < -0.3 is 4.90 Å². The molecule has 5 heteroatoms. The summed E-state index contributed by atoms with van der Waals surface area (Å²) in [7, 11) is 0. The molecule has 0 bridgehead atoms. The fourth-order valence-corrected chi connectivity index (χ4v) is 4.77. The van der Waals surface area contributed by atoms with Gasteiger partial charge in [-0.25, -0.2) is 5.01 Å². The molecule has 5 nitrogen and oxygen atoms in total. The summed E-state index contributed by atoms with van der Waals surface area (Å²) in [6.45, 7) is 14.0. The van der Waals surface area contributed by atoms with Crippen LogP contribution in [0.25, 0.3) is 0 Å². The van der Waals surface area contributed by atoms with E-state index in [4.69, 9.17) is 5.10 Å². The Kier molecular flexibility index (Phi) is 6.54. The smallest absolute Gasteiger partial charge is 0.257 e. The quantitative estimate of drug-likeness (QED) is 0.739. The average molecular weight is 419 g/mol. The van der Waals surface area contributed by atoms with Gasteiger partial charge in [0, 0.05) is 38.2 Å². The van der Waals surface area contributed by atoms with E-state index in [2.05, 4.69) is 80.0 Å². The maximum atomic E-state index is 13.4. The second kappa shape index (κ2) is 9.33. The zero-order valence-electron chi connectivity index (χ0n) is 19.3. The summed E-state index contributed by atoms with van der Waals surface area (Å²) >= 11 is 0. The number of rotatable bonds is 5. The summed E-state index contributed by atoms with van der Waals surface area (Å²) in [6.07, 6.45) is 0.754. The number of benzene rings is 2. The largest absolute Gasteiger partial charge is 0.301 e. The molecule has 1 saturated heterocycles. The number of hydrogen-bond acceptors (Lipinski definition) is 4. The Hall–Kier alpha value is -2.50. The lowest BCUT2D eigenvalue weighted by Crippen LogP contribution is -2.49. The Balaban J connectivity index is 1.59. The summed E-state index contributed by atoms with van der Waals surface area (Å²) in [4.78, 5) is 18.1. The third kappa shape index (κ3) is 4.73. The Morgan fingerprint density at radius 3 is 2.35 bits per heavy atom. The minimum atomic E-state index is -0.0404. The predicted molar refractivity (Wildman–Crippen MR) is 126 cm³/mol. The van der Waals surface area contributed by atoms with E-state index in [1.807, 2.05) is 0 Å². The number of nitrogens with zero attached hydrogens (tertiary/aromatic N) is 4. The van der Waals surface area contributed by atoms with Gasteiger partial charge in [-0.3, -0.25) is 9.69 Å². The Morgan fingerprint density at radius 2 is 1.68 bits per heavy atom. The molecule has 0 aliphatic carbocycles. The highest BCUT2D eigenvalue weighted by atomic mass is 16.2. The molecule has 164 valence electrons. The fourth-order valence-electron chi connectivity index (χ4n) is 4.77. The average Bonchev–Trinajstić information content (AvgIpc) is 3.19. The highest BCUT2D eigenvalue weighted by Crippen LogP contribution is 2.35. The first-order chi connectivity index (χ1) is 15.0. The van der Waals surface area contributed by atoms with Crippen LogP contribution in [0.5, 0.6) is 0 Å². The van der Waals surface area contributed by atoms with Gasteiger partial charge in [0.25, 0.3) is 5.91 Å². The number of aryl methyl sites for hydroxylation is 3. The van der Waals surface area contributed by atoms with Gasteiger partial charge in [-0.05, 0) is 44.0 Å². The third-order valence-corrected chi connectivity index (χ3v) is 6.68. The van der Waals surface area contributed by atoms with E-state index in [0.29, 0.717) is 6.54 Å². The van der Waals surface area contributed by atoms with E-state index in [1.165, 1.54) is 22.3 Å². The number of carbonyl (C=O) groups is 1. The van der Waals surface area contributed by atoms with E-state index in [-0.39, 0.29) is 11.9 Å². The van der Waals surface area contributed by atoms with Gasteiger partial charge in [-0.15, -0.1) is 0 Å². The Morgan fingerprint density at radius 1 is 0.968 bits per heavy atom. The minimum Gasteiger partial charge on any atom is -0.301 e. The lowest BCUT2D eigenvalue weighted by molar-refractivity contribution is -0.134. The van der Waals surface area contributed by atoms with E-state index in [0.717, 1.165) is 50.4 Å². The summed E-state index contributed by atoms with van der Waals surface area (Å²) in [5.41, 5.74) is 7.02. The topological polar surface area (TPSA) is 39.1 Å². The van der Waals surface area contributed by atoms with Crippen molar-refractivity contribution in [1.29, 1.82) is 0 Å². The molecule has 0 aromatic heterocycles. The fraction of sp³-hybridized carbons (Fsp3) is 0.462. The van der Waals surface area contributed by atoms with Gasteiger partial charge in [0.2, 0.25) is 0 Å². The Labute approximate surface area is 186 Å². The minimum absolute atomic E-state index is 0.0404. The van der Waals surface area contributed by atoms with Crippen LogP contribution < -0.4 is 0 Å².